The Hall–Kier alpha value is -2.13. The highest BCUT2D eigenvalue weighted by Crippen LogP contribution is 2.36. The number of nitrogens with two attached hydrogens (primary N) is 1. The average Bonchev–Trinajstić information content (AvgIpc) is 2.53. The van der Waals surface area contributed by atoms with Crippen molar-refractivity contribution >= 4 is 17.4 Å². The molecule has 0 spiro atoms. The summed E-state index contributed by atoms with van der Waals surface area (Å²) >= 11 is 0.950. The molecule has 5 nitrogen and oxygen atoms in total. The van der Waals surface area contributed by atoms with Crippen molar-refractivity contribution in [1.82, 2.24) is 4.98 Å². The lowest BCUT2D eigenvalue weighted by atomic mass is 10.1. The van der Waals surface area contributed by atoms with Crippen molar-refractivity contribution in [2.45, 2.75) is 28.9 Å². The number of hydrogen-bond donors (Lipinski definition) is 1. The van der Waals surface area contributed by atoms with Crippen LogP contribution in [0.5, 0.6) is 0 Å². The summed E-state index contributed by atoms with van der Waals surface area (Å²) in [5, 5.41) is 11.5. The second kappa shape index (κ2) is 7.63. The molecule has 9 heteroatoms. The highest BCUT2D eigenvalue weighted by atomic mass is 32.2. The first kappa shape index (κ1) is 18.2. The van der Waals surface area contributed by atoms with Gasteiger partial charge in [0.15, 0.2) is 0 Å². The van der Waals surface area contributed by atoms with Crippen LogP contribution in [0.15, 0.2) is 46.5 Å². The molecule has 128 valence electrons. The summed E-state index contributed by atoms with van der Waals surface area (Å²) in [7, 11) is 0. The molecule has 0 saturated heterocycles. The van der Waals surface area contributed by atoms with Crippen LogP contribution in [0.3, 0.4) is 0 Å². The molecule has 0 radical (unpaired) electrons. The molecule has 2 N–H and O–H groups in total. The van der Waals surface area contributed by atoms with Gasteiger partial charge in [-0.25, -0.2) is 4.98 Å². The van der Waals surface area contributed by atoms with Gasteiger partial charge in [0, 0.05) is 12.3 Å². The number of aryl methyl sites for hydroxylation is 1. The SMILES string of the molecule is NCCCc1ccc(Sc2ccc(C(F)(F)F)cn2)c([N+](=O)[O-])c1. The van der Waals surface area contributed by atoms with Gasteiger partial charge in [0.1, 0.15) is 5.03 Å². The zero-order valence-electron chi connectivity index (χ0n) is 12.4. The normalized spacial score (nSPS) is 11.5. The first-order valence-electron chi connectivity index (χ1n) is 6.99. The Morgan fingerprint density at radius 1 is 1.25 bits per heavy atom. The summed E-state index contributed by atoms with van der Waals surface area (Å²) < 4.78 is 37.6. The predicted molar refractivity (Wildman–Crippen MR) is 83.8 cm³/mol. The third-order valence-corrected chi connectivity index (χ3v) is 4.18. The van der Waals surface area contributed by atoms with E-state index in [-0.39, 0.29) is 10.7 Å². The number of nitrogens with zero attached hydrogens (tertiary/aromatic N) is 2. The topological polar surface area (TPSA) is 82.0 Å². The highest BCUT2D eigenvalue weighted by Gasteiger charge is 2.30. The molecule has 0 atom stereocenters. The lowest BCUT2D eigenvalue weighted by molar-refractivity contribution is -0.387. The standard InChI is InChI=1S/C15H14F3N3O2S/c16-15(17,18)11-4-6-14(20-9-11)24-13-5-3-10(2-1-7-19)8-12(13)21(22)23/h3-6,8-9H,1-2,7,19H2. The first-order chi connectivity index (χ1) is 11.3. The van der Waals surface area contributed by atoms with E-state index in [4.69, 9.17) is 5.73 Å². The van der Waals surface area contributed by atoms with Crippen LogP contribution < -0.4 is 5.73 Å². The van der Waals surface area contributed by atoms with E-state index in [0.29, 0.717) is 30.5 Å². The Labute approximate surface area is 140 Å². The van der Waals surface area contributed by atoms with Crippen molar-refractivity contribution in [2.24, 2.45) is 5.73 Å². The molecule has 0 saturated carbocycles. The third kappa shape index (κ3) is 4.68. The average molecular weight is 357 g/mol. The second-order valence-electron chi connectivity index (χ2n) is 4.94. The minimum atomic E-state index is -4.47. The summed E-state index contributed by atoms with van der Waals surface area (Å²) in [5.74, 6) is 0. The number of alkyl halides is 3. The fourth-order valence-electron chi connectivity index (χ4n) is 1.97. The summed E-state index contributed by atoms with van der Waals surface area (Å²) in [6.45, 7) is 0.486. The van der Waals surface area contributed by atoms with Crippen LogP contribution in [0.25, 0.3) is 0 Å². The Bertz CT molecular complexity index is 721. The number of benzene rings is 1. The molecule has 0 unspecified atom stereocenters. The monoisotopic (exact) mass is 357 g/mol. The molecule has 0 aliphatic carbocycles. The van der Waals surface area contributed by atoms with Gasteiger partial charge >= 0.3 is 6.18 Å². The minimum Gasteiger partial charge on any atom is -0.330 e. The fourth-order valence-corrected chi connectivity index (χ4v) is 2.82. The molecule has 0 amide bonds. The van der Waals surface area contributed by atoms with E-state index in [1.807, 2.05) is 0 Å². The summed E-state index contributed by atoms with van der Waals surface area (Å²) in [6, 6.07) is 6.88. The van der Waals surface area contributed by atoms with Gasteiger partial charge in [-0.15, -0.1) is 0 Å². The van der Waals surface area contributed by atoms with Crippen LogP contribution in [0, 0.1) is 10.1 Å². The maximum Gasteiger partial charge on any atom is 0.417 e. The number of rotatable bonds is 6. The van der Waals surface area contributed by atoms with E-state index < -0.39 is 16.7 Å². The number of hydrogen-bond acceptors (Lipinski definition) is 5. The Balaban J connectivity index is 2.23. The number of aromatic nitrogens is 1. The number of nitro groups is 1. The fraction of sp³-hybridized carbons (Fsp3) is 0.267. The molecule has 0 aliphatic rings. The maximum atomic E-state index is 12.5. The van der Waals surface area contributed by atoms with Crippen LogP contribution in [0.1, 0.15) is 17.5 Å². The van der Waals surface area contributed by atoms with E-state index >= 15 is 0 Å². The molecule has 0 fully saturated rings. The Morgan fingerprint density at radius 3 is 2.54 bits per heavy atom. The molecule has 0 aliphatic heterocycles. The van der Waals surface area contributed by atoms with E-state index in [9.17, 15) is 23.3 Å². The molecule has 0 bridgehead atoms. The van der Waals surface area contributed by atoms with Gasteiger partial charge in [-0.2, -0.15) is 13.2 Å². The predicted octanol–water partition coefficient (Wildman–Crippen LogP) is 4.05. The van der Waals surface area contributed by atoms with Crippen molar-refractivity contribution in [3.05, 3.63) is 57.8 Å². The van der Waals surface area contributed by atoms with Crippen molar-refractivity contribution < 1.29 is 18.1 Å². The van der Waals surface area contributed by atoms with Gasteiger partial charge in [-0.1, -0.05) is 17.8 Å². The van der Waals surface area contributed by atoms with Gasteiger partial charge in [0.25, 0.3) is 5.69 Å². The smallest absolute Gasteiger partial charge is 0.330 e. The zero-order valence-corrected chi connectivity index (χ0v) is 13.2. The van der Waals surface area contributed by atoms with E-state index in [1.54, 1.807) is 12.1 Å². The van der Waals surface area contributed by atoms with Crippen molar-refractivity contribution in [3.8, 4) is 0 Å². The molecule has 24 heavy (non-hydrogen) atoms. The summed E-state index contributed by atoms with van der Waals surface area (Å²) in [4.78, 5) is 14.7. The highest BCUT2D eigenvalue weighted by molar-refractivity contribution is 7.99. The van der Waals surface area contributed by atoms with Gasteiger partial charge in [-0.05, 0) is 43.1 Å². The Kier molecular flexibility index (Phi) is 5.79. The minimum absolute atomic E-state index is 0.101. The summed E-state index contributed by atoms with van der Waals surface area (Å²) in [5.41, 5.74) is 5.25. The quantitative estimate of drug-likeness (QED) is 0.623. The van der Waals surface area contributed by atoms with E-state index in [1.165, 1.54) is 12.1 Å². The molecule has 1 aromatic carbocycles. The van der Waals surface area contributed by atoms with Gasteiger partial charge in [0.2, 0.25) is 0 Å². The molecular weight excluding hydrogens is 343 g/mol. The van der Waals surface area contributed by atoms with Crippen LogP contribution in [-0.4, -0.2) is 16.5 Å². The third-order valence-electron chi connectivity index (χ3n) is 3.17. The number of nitro benzene ring substituents is 1. The molecule has 2 aromatic rings. The largest absolute Gasteiger partial charge is 0.417 e. The summed E-state index contributed by atoms with van der Waals surface area (Å²) in [6.07, 6.45) is -2.42. The van der Waals surface area contributed by atoms with Crippen LogP contribution in [0.4, 0.5) is 18.9 Å². The lowest BCUT2D eigenvalue weighted by Crippen LogP contribution is -2.05. The molecule has 1 aromatic heterocycles. The molecule has 1 heterocycles. The van der Waals surface area contributed by atoms with Crippen LogP contribution in [0.2, 0.25) is 0 Å². The van der Waals surface area contributed by atoms with Gasteiger partial charge < -0.3 is 5.73 Å². The lowest BCUT2D eigenvalue weighted by Gasteiger charge is -2.08. The zero-order chi connectivity index (χ0) is 17.7. The van der Waals surface area contributed by atoms with E-state index in [2.05, 4.69) is 4.98 Å². The van der Waals surface area contributed by atoms with E-state index in [0.717, 1.165) is 23.4 Å². The Morgan fingerprint density at radius 2 is 2.00 bits per heavy atom. The second-order valence-corrected chi connectivity index (χ2v) is 6.00. The first-order valence-corrected chi connectivity index (χ1v) is 7.81. The van der Waals surface area contributed by atoms with Crippen molar-refractivity contribution in [1.29, 1.82) is 0 Å². The van der Waals surface area contributed by atoms with Crippen molar-refractivity contribution in [3.63, 3.8) is 0 Å². The number of halogens is 3. The van der Waals surface area contributed by atoms with Crippen molar-refractivity contribution in [2.75, 3.05) is 6.54 Å². The maximum absolute atomic E-state index is 12.5. The van der Waals surface area contributed by atoms with Gasteiger partial charge in [-0.3, -0.25) is 10.1 Å². The van der Waals surface area contributed by atoms with Crippen LogP contribution in [-0.2, 0) is 12.6 Å². The number of pyridine rings is 1. The van der Waals surface area contributed by atoms with Gasteiger partial charge in [0.05, 0.1) is 15.4 Å². The van der Waals surface area contributed by atoms with Crippen LogP contribution >= 0.6 is 11.8 Å². The molecule has 2 rings (SSSR count). The molecular formula is C15H14F3N3O2S.